The van der Waals surface area contributed by atoms with E-state index in [1.165, 1.54) is 29.0 Å². The fourth-order valence-electron chi connectivity index (χ4n) is 3.56. The van der Waals surface area contributed by atoms with Crippen LogP contribution in [0.25, 0.3) is 11.8 Å². The summed E-state index contributed by atoms with van der Waals surface area (Å²) in [5.41, 5.74) is 6.93. The minimum Gasteiger partial charge on any atom is -0.318 e. The number of aliphatic imine (C=N–C) groups is 1. The van der Waals surface area contributed by atoms with E-state index >= 15 is 0 Å². The first kappa shape index (κ1) is 20.2. The van der Waals surface area contributed by atoms with Crippen molar-refractivity contribution >= 4 is 34.6 Å². The standard InChI is InChI=1S/C24H22FN3OS/c1-14-8-7-11-21(16(14)3)28-15(2)12-18(17(28)4)13-22-23(29)27-24(30-22)26-20-10-6-5-9-19(20)25/h5-13H,1-4H3,(H,26,27,29)/b22-13-. The topological polar surface area (TPSA) is 46.4 Å². The van der Waals surface area contributed by atoms with Crippen LogP contribution in [0, 0.1) is 33.5 Å². The third-order valence-electron chi connectivity index (χ3n) is 5.30. The van der Waals surface area contributed by atoms with Gasteiger partial charge in [-0.25, -0.2) is 9.38 Å². The van der Waals surface area contributed by atoms with E-state index in [2.05, 4.69) is 59.9 Å². The Morgan fingerprint density at radius 3 is 2.60 bits per heavy atom. The second-order valence-corrected chi connectivity index (χ2v) is 8.34. The molecule has 4 nitrogen and oxygen atoms in total. The van der Waals surface area contributed by atoms with Crippen molar-refractivity contribution in [2.45, 2.75) is 27.7 Å². The number of amidine groups is 1. The van der Waals surface area contributed by atoms with Gasteiger partial charge in [-0.15, -0.1) is 0 Å². The van der Waals surface area contributed by atoms with Crippen molar-refractivity contribution in [1.82, 2.24) is 9.88 Å². The van der Waals surface area contributed by atoms with Gasteiger partial charge in [-0.2, -0.15) is 0 Å². The van der Waals surface area contributed by atoms with Crippen LogP contribution in [0.2, 0.25) is 0 Å². The van der Waals surface area contributed by atoms with Crippen molar-refractivity contribution in [1.29, 1.82) is 0 Å². The van der Waals surface area contributed by atoms with Crippen molar-refractivity contribution in [3.8, 4) is 5.69 Å². The summed E-state index contributed by atoms with van der Waals surface area (Å²) in [6, 6.07) is 14.6. The Labute approximate surface area is 179 Å². The Bertz CT molecular complexity index is 1220. The maximum absolute atomic E-state index is 13.9. The van der Waals surface area contributed by atoms with Crippen LogP contribution in [0.1, 0.15) is 28.1 Å². The normalized spacial score (nSPS) is 16.5. The number of nitrogens with one attached hydrogen (secondary N) is 1. The van der Waals surface area contributed by atoms with Crippen LogP contribution in [0.4, 0.5) is 10.1 Å². The number of thioether (sulfide) groups is 1. The fraction of sp³-hybridized carbons (Fsp3) is 0.167. The van der Waals surface area contributed by atoms with Gasteiger partial charge in [-0.05, 0) is 86.5 Å². The van der Waals surface area contributed by atoms with E-state index in [4.69, 9.17) is 0 Å². The highest BCUT2D eigenvalue weighted by atomic mass is 32.2. The second-order valence-electron chi connectivity index (χ2n) is 7.31. The molecule has 0 bridgehead atoms. The second kappa shape index (κ2) is 7.95. The molecular weight excluding hydrogens is 397 g/mol. The van der Waals surface area contributed by atoms with Crippen molar-refractivity contribution in [2.24, 2.45) is 4.99 Å². The van der Waals surface area contributed by atoms with Crippen LogP contribution in [0.15, 0.2) is 58.4 Å². The molecule has 0 atom stereocenters. The number of hydrogen-bond donors (Lipinski definition) is 1. The molecule has 4 rings (SSSR count). The molecule has 0 aliphatic carbocycles. The van der Waals surface area contributed by atoms with E-state index in [1.54, 1.807) is 18.2 Å². The molecule has 0 radical (unpaired) electrons. The summed E-state index contributed by atoms with van der Waals surface area (Å²) in [6.45, 7) is 8.33. The van der Waals surface area contributed by atoms with Gasteiger partial charge in [0, 0.05) is 17.1 Å². The molecule has 0 spiro atoms. The number of nitrogens with zero attached hydrogens (tertiary/aromatic N) is 2. The molecule has 3 aromatic rings. The van der Waals surface area contributed by atoms with Crippen LogP contribution in [-0.4, -0.2) is 15.6 Å². The fourth-order valence-corrected chi connectivity index (χ4v) is 4.38. The lowest BCUT2D eigenvalue weighted by Crippen LogP contribution is -2.19. The molecule has 1 aromatic heterocycles. The smallest absolute Gasteiger partial charge is 0.264 e. The Hall–Kier alpha value is -3.12. The number of aromatic nitrogens is 1. The summed E-state index contributed by atoms with van der Waals surface area (Å²) in [5.74, 6) is -0.652. The average Bonchev–Trinajstić information content (AvgIpc) is 3.18. The van der Waals surface area contributed by atoms with Gasteiger partial charge in [0.15, 0.2) is 5.17 Å². The first-order valence-corrected chi connectivity index (χ1v) is 10.5. The van der Waals surface area contributed by atoms with Gasteiger partial charge in [-0.1, -0.05) is 24.3 Å². The van der Waals surface area contributed by atoms with Gasteiger partial charge >= 0.3 is 0 Å². The Morgan fingerprint density at radius 2 is 1.83 bits per heavy atom. The molecule has 1 aliphatic rings. The summed E-state index contributed by atoms with van der Waals surface area (Å²) >= 11 is 1.22. The van der Waals surface area contributed by atoms with Crippen LogP contribution in [0.5, 0.6) is 0 Å². The number of aryl methyl sites for hydroxylation is 2. The molecule has 1 saturated heterocycles. The maximum atomic E-state index is 13.9. The average molecular weight is 420 g/mol. The third-order valence-corrected chi connectivity index (χ3v) is 6.21. The molecule has 1 amide bonds. The lowest BCUT2D eigenvalue weighted by molar-refractivity contribution is -0.115. The van der Waals surface area contributed by atoms with Gasteiger partial charge in [0.2, 0.25) is 0 Å². The van der Waals surface area contributed by atoms with E-state index in [-0.39, 0.29) is 11.6 Å². The number of rotatable bonds is 3. The third kappa shape index (κ3) is 3.71. The Kier molecular flexibility index (Phi) is 5.35. The van der Waals surface area contributed by atoms with Crippen molar-refractivity contribution in [3.63, 3.8) is 0 Å². The van der Waals surface area contributed by atoms with Gasteiger partial charge in [0.1, 0.15) is 11.5 Å². The first-order valence-electron chi connectivity index (χ1n) is 9.65. The van der Waals surface area contributed by atoms with E-state index in [0.29, 0.717) is 10.1 Å². The predicted octanol–water partition coefficient (Wildman–Crippen LogP) is 5.74. The summed E-state index contributed by atoms with van der Waals surface area (Å²) in [5, 5.41) is 3.10. The lowest BCUT2D eigenvalue weighted by atomic mass is 10.1. The van der Waals surface area contributed by atoms with Crippen molar-refractivity contribution < 1.29 is 9.18 Å². The monoisotopic (exact) mass is 419 g/mol. The number of hydrogen-bond acceptors (Lipinski definition) is 3. The molecule has 2 heterocycles. The van der Waals surface area contributed by atoms with Crippen LogP contribution in [-0.2, 0) is 4.79 Å². The van der Waals surface area contributed by atoms with Crippen LogP contribution >= 0.6 is 11.8 Å². The molecule has 30 heavy (non-hydrogen) atoms. The van der Waals surface area contributed by atoms with Crippen molar-refractivity contribution in [2.75, 3.05) is 0 Å². The number of carbonyl (C=O) groups excluding carboxylic acids is 1. The molecule has 1 N–H and O–H groups in total. The van der Waals surface area contributed by atoms with Crippen LogP contribution < -0.4 is 5.32 Å². The number of para-hydroxylation sites is 1. The van der Waals surface area contributed by atoms with E-state index < -0.39 is 5.82 Å². The molecule has 6 heteroatoms. The van der Waals surface area contributed by atoms with Crippen LogP contribution in [0.3, 0.4) is 0 Å². The zero-order valence-electron chi connectivity index (χ0n) is 17.3. The molecule has 2 aromatic carbocycles. The predicted molar refractivity (Wildman–Crippen MR) is 122 cm³/mol. The highest BCUT2D eigenvalue weighted by molar-refractivity contribution is 8.18. The molecule has 0 unspecified atom stereocenters. The van der Waals surface area contributed by atoms with E-state index in [9.17, 15) is 9.18 Å². The lowest BCUT2D eigenvalue weighted by Gasteiger charge is -2.14. The summed E-state index contributed by atoms with van der Waals surface area (Å²) < 4.78 is 16.1. The highest BCUT2D eigenvalue weighted by Gasteiger charge is 2.25. The highest BCUT2D eigenvalue weighted by Crippen LogP contribution is 2.31. The largest absolute Gasteiger partial charge is 0.318 e. The zero-order chi connectivity index (χ0) is 21.4. The number of benzene rings is 2. The van der Waals surface area contributed by atoms with E-state index in [0.717, 1.165) is 22.6 Å². The first-order chi connectivity index (χ1) is 14.3. The number of carbonyl (C=O) groups is 1. The summed E-state index contributed by atoms with van der Waals surface area (Å²) in [4.78, 5) is 17.2. The number of amides is 1. The Morgan fingerprint density at radius 1 is 1.07 bits per heavy atom. The Balaban J connectivity index is 1.68. The quantitative estimate of drug-likeness (QED) is 0.550. The maximum Gasteiger partial charge on any atom is 0.264 e. The van der Waals surface area contributed by atoms with Crippen molar-refractivity contribution in [3.05, 3.63) is 87.3 Å². The zero-order valence-corrected chi connectivity index (χ0v) is 18.1. The van der Waals surface area contributed by atoms with Gasteiger partial charge in [-0.3, -0.25) is 4.79 Å². The van der Waals surface area contributed by atoms with Gasteiger partial charge in [0.05, 0.1) is 4.91 Å². The minimum atomic E-state index is -0.422. The molecule has 1 aliphatic heterocycles. The minimum absolute atomic E-state index is 0.203. The molecular formula is C24H22FN3OS. The van der Waals surface area contributed by atoms with Gasteiger partial charge in [0.25, 0.3) is 5.91 Å². The van der Waals surface area contributed by atoms with E-state index in [1.807, 2.05) is 13.0 Å². The molecule has 1 fully saturated rings. The summed E-state index contributed by atoms with van der Waals surface area (Å²) in [7, 11) is 0. The summed E-state index contributed by atoms with van der Waals surface area (Å²) in [6.07, 6.45) is 1.87. The molecule has 0 saturated carbocycles. The number of halogens is 1. The SMILES string of the molecule is Cc1cccc(-n2c(C)cc(/C=C3\SC(=Nc4ccccc4F)NC3=O)c2C)c1C. The molecule has 152 valence electrons. The van der Waals surface area contributed by atoms with Gasteiger partial charge < -0.3 is 9.88 Å².